The minimum absolute atomic E-state index is 0.495. The monoisotopic (exact) mass is 244 g/mol. The molecule has 0 saturated carbocycles. The summed E-state index contributed by atoms with van der Waals surface area (Å²) in [4.78, 5) is 3.94. The molecule has 1 heterocycles. The van der Waals surface area contributed by atoms with Crippen LogP contribution in [0.1, 0.15) is 33.1 Å². The van der Waals surface area contributed by atoms with E-state index in [1.54, 1.807) is 6.20 Å². The zero-order valence-electron chi connectivity index (χ0n) is 11.0. The molecule has 1 unspecified atom stereocenters. The van der Waals surface area contributed by atoms with Gasteiger partial charge in [0.1, 0.15) is 0 Å². The number of hydrogen-bond donors (Lipinski definition) is 1. The van der Waals surface area contributed by atoms with Crippen LogP contribution in [-0.2, 0) is 0 Å². The molecule has 0 aliphatic carbocycles. The molecule has 1 N–H and O–H groups in total. The largest absolute Gasteiger partial charge is 0.444 e. The van der Waals surface area contributed by atoms with E-state index < -0.39 is 0 Å². The lowest BCUT2D eigenvalue weighted by molar-refractivity contribution is 0.572. The van der Waals surface area contributed by atoms with Crippen LogP contribution in [-0.4, -0.2) is 11.0 Å². The number of nitrogens with one attached hydrogen (secondary N) is 1. The van der Waals surface area contributed by atoms with Gasteiger partial charge in [-0.2, -0.15) is 0 Å². The Hall–Kier alpha value is -1.77. The van der Waals surface area contributed by atoms with E-state index in [2.05, 4.69) is 36.3 Å². The molecule has 1 aromatic carbocycles. The average Bonchev–Trinajstić information content (AvgIpc) is 2.90. The number of rotatable bonds is 6. The number of benzene rings is 1. The Morgan fingerprint density at radius 3 is 3.00 bits per heavy atom. The lowest BCUT2D eigenvalue weighted by Crippen LogP contribution is -2.14. The topological polar surface area (TPSA) is 38.1 Å². The first-order valence-corrected chi connectivity index (χ1v) is 6.55. The number of aromatic nitrogens is 1. The van der Waals surface area contributed by atoms with Gasteiger partial charge in [-0.15, -0.1) is 0 Å². The zero-order valence-corrected chi connectivity index (χ0v) is 11.0. The predicted molar refractivity (Wildman–Crippen MR) is 74.5 cm³/mol. The summed E-state index contributed by atoms with van der Waals surface area (Å²) in [5.41, 5.74) is 2.19. The molecule has 3 heteroatoms. The Morgan fingerprint density at radius 1 is 1.39 bits per heavy atom. The van der Waals surface area contributed by atoms with Crippen molar-refractivity contribution in [1.82, 2.24) is 4.98 Å². The van der Waals surface area contributed by atoms with Gasteiger partial charge in [0.05, 0.1) is 6.20 Å². The highest BCUT2D eigenvalue weighted by Gasteiger charge is 2.04. The van der Waals surface area contributed by atoms with Gasteiger partial charge in [-0.25, -0.2) is 4.98 Å². The van der Waals surface area contributed by atoms with Crippen molar-refractivity contribution in [3.05, 3.63) is 36.9 Å². The summed E-state index contributed by atoms with van der Waals surface area (Å²) in [6, 6.07) is 8.75. The van der Waals surface area contributed by atoms with Crippen LogP contribution >= 0.6 is 0 Å². The van der Waals surface area contributed by atoms with Gasteiger partial charge in [0.2, 0.25) is 0 Å². The fraction of sp³-hybridized carbons (Fsp3) is 0.400. The van der Waals surface area contributed by atoms with Crippen molar-refractivity contribution in [2.24, 2.45) is 0 Å². The lowest BCUT2D eigenvalue weighted by atomic mass is 10.1. The van der Waals surface area contributed by atoms with Crippen LogP contribution in [0.25, 0.3) is 11.3 Å². The molecule has 1 aromatic heterocycles. The van der Waals surface area contributed by atoms with E-state index in [-0.39, 0.29) is 0 Å². The SMILES string of the molecule is CCCCC(C)Nc1cccc(-c2cnco2)c1. The highest BCUT2D eigenvalue weighted by atomic mass is 16.3. The summed E-state index contributed by atoms with van der Waals surface area (Å²) in [5.74, 6) is 0.805. The molecule has 1 atom stereocenters. The highest BCUT2D eigenvalue weighted by molar-refractivity contribution is 5.63. The Morgan fingerprint density at radius 2 is 2.28 bits per heavy atom. The van der Waals surface area contributed by atoms with E-state index in [9.17, 15) is 0 Å². The minimum Gasteiger partial charge on any atom is -0.444 e. The lowest BCUT2D eigenvalue weighted by Gasteiger charge is -2.15. The van der Waals surface area contributed by atoms with Crippen LogP contribution in [0.15, 0.2) is 41.3 Å². The fourth-order valence-corrected chi connectivity index (χ4v) is 1.99. The molecule has 0 amide bonds. The number of nitrogens with zero attached hydrogens (tertiary/aromatic N) is 1. The predicted octanol–water partition coefficient (Wildman–Crippen LogP) is 4.33. The summed E-state index contributed by atoms with van der Waals surface area (Å²) < 4.78 is 5.31. The van der Waals surface area contributed by atoms with Crippen molar-refractivity contribution in [3.8, 4) is 11.3 Å². The Balaban J connectivity index is 2.03. The van der Waals surface area contributed by atoms with Crippen LogP contribution in [0.3, 0.4) is 0 Å². The maximum atomic E-state index is 5.31. The summed E-state index contributed by atoms with van der Waals surface area (Å²) in [6.45, 7) is 4.44. The average molecular weight is 244 g/mol. The second-order valence-corrected chi connectivity index (χ2v) is 4.63. The second-order valence-electron chi connectivity index (χ2n) is 4.63. The summed E-state index contributed by atoms with van der Waals surface area (Å²) in [6.07, 6.45) is 6.89. The molecule has 0 fully saturated rings. The van der Waals surface area contributed by atoms with E-state index in [0.29, 0.717) is 6.04 Å². The van der Waals surface area contributed by atoms with Gasteiger partial charge in [-0.05, 0) is 25.5 Å². The standard InChI is InChI=1S/C15H20N2O/c1-3-4-6-12(2)17-14-8-5-7-13(9-14)15-10-16-11-18-15/h5,7-12,17H,3-4,6H2,1-2H3. The molecule has 0 bridgehead atoms. The number of anilines is 1. The first kappa shape index (κ1) is 12.7. The van der Waals surface area contributed by atoms with Gasteiger partial charge >= 0.3 is 0 Å². The molecule has 96 valence electrons. The van der Waals surface area contributed by atoms with Gasteiger partial charge in [-0.3, -0.25) is 0 Å². The maximum Gasteiger partial charge on any atom is 0.181 e. The zero-order chi connectivity index (χ0) is 12.8. The minimum atomic E-state index is 0.495. The Bertz CT molecular complexity index is 465. The first-order chi connectivity index (χ1) is 8.79. The van der Waals surface area contributed by atoms with Crippen molar-refractivity contribution in [3.63, 3.8) is 0 Å². The van der Waals surface area contributed by atoms with Crippen LogP contribution in [0.4, 0.5) is 5.69 Å². The molecule has 0 radical (unpaired) electrons. The van der Waals surface area contributed by atoms with E-state index >= 15 is 0 Å². The molecular weight excluding hydrogens is 224 g/mol. The van der Waals surface area contributed by atoms with Crippen LogP contribution in [0.5, 0.6) is 0 Å². The van der Waals surface area contributed by atoms with Gasteiger partial charge in [0.25, 0.3) is 0 Å². The van der Waals surface area contributed by atoms with Gasteiger partial charge in [0, 0.05) is 17.3 Å². The van der Waals surface area contributed by atoms with Crippen LogP contribution in [0, 0.1) is 0 Å². The molecule has 18 heavy (non-hydrogen) atoms. The Labute approximate surface area is 108 Å². The normalized spacial score (nSPS) is 12.3. The molecule has 0 spiro atoms. The van der Waals surface area contributed by atoms with E-state index in [4.69, 9.17) is 4.42 Å². The second kappa shape index (κ2) is 6.24. The van der Waals surface area contributed by atoms with Gasteiger partial charge < -0.3 is 9.73 Å². The number of hydrogen-bond acceptors (Lipinski definition) is 3. The van der Waals surface area contributed by atoms with Gasteiger partial charge in [-0.1, -0.05) is 31.9 Å². The van der Waals surface area contributed by atoms with Crippen molar-refractivity contribution in [1.29, 1.82) is 0 Å². The third-order valence-corrected chi connectivity index (χ3v) is 2.98. The van der Waals surface area contributed by atoms with E-state index in [1.807, 2.05) is 12.1 Å². The van der Waals surface area contributed by atoms with Crippen molar-refractivity contribution in [2.75, 3.05) is 5.32 Å². The fourth-order valence-electron chi connectivity index (χ4n) is 1.99. The summed E-state index contributed by atoms with van der Waals surface area (Å²) in [7, 11) is 0. The summed E-state index contributed by atoms with van der Waals surface area (Å²) in [5, 5.41) is 3.52. The quantitative estimate of drug-likeness (QED) is 0.821. The van der Waals surface area contributed by atoms with Crippen molar-refractivity contribution in [2.45, 2.75) is 39.2 Å². The van der Waals surface area contributed by atoms with Crippen LogP contribution in [0.2, 0.25) is 0 Å². The molecule has 0 aliphatic rings. The smallest absolute Gasteiger partial charge is 0.181 e. The van der Waals surface area contributed by atoms with Gasteiger partial charge in [0.15, 0.2) is 12.2 Å². The third kappa shape index (κ3) is 3.36. The molecule has 3 nitrogen and oxygen atoms in total. The molecular formula is C15H20N2O. The van der Waals surface area contributed by atoms with E-state index in [1.165, 1.54) is 25.7 Å². The number of oxazole rings is 1. The first-order valence-electron chi connectivity index (χ1n) is 6.55. The molecule has 0 aliphatic heterocycles. The Kier molecular flexibility index (Phi) is 4.40. The third-order valence-electron chi connectivity index (χ3n) is 2.98. The maximum absolute atomic E-state index is 5.31. The summed E-state index contributed by atoms with van der Waals surface area (Å²) >= 11 is 0. The molecule has 0 saturated heterocycles. The van der Waals surface area contributed by atoms with Crippen molar-refractivity contribution < 1.29 is 4.42 Å². The van der Waals surface area contributed by atoms with Crippen molar-refractivity contribution >= 4 is 5.69 Å². The number of unbranched alkanes of at least 4 members (excludes halogenated alkanes) is 1. The molecule has 2 aromatic rings. The highest BCUT2D eigenvalue weighted by Crippen LogP contribution is 2.22. The molecule has 2 rings (SSSR count). The van der Waals surface area contributed by atoms with E-state index in [0.717, 1.165) is 17.0 Å². The van der Waals surface area contributed by atoms with Crippen LogP contribution < -0.4 is 5.32 Å².